The van der Waals surface area contributed by atoms with Gasteiger partial charge in [-0.1, -0.05) is 100 Å². The number of ether oxygens (including phenoxy) is 1. The van der Waals surface area contributed by atoms with Crippen LogP contribution >= 0.6 is 21.6 Å². The van der Waals surface area contributed by atoms with Crippen LogP contribution in [0, 0.1) is 46.3 Å². The molecular weight excluding hydrogens is 741 g/mol. The summed E-state index contributed by atoms with van der Waals surface area (Å²) < 4.78 is 5.45. The zero-order chi connectivity index (χ0) is 40.5. The van der Waals surface area contributed by atoms with Crippen molar-refractivity contribution in [3.05, 3.63) is 11.6 Å². The summed E-state index contributed by atoms with van der Waals surface area (Å²) in [5.74, 6) is 4.74. The Balaban J connectivity index is 0.938. The molecule has 2 amide bonds. The summed E-state index contributed by atoms with van der Waals surface area (Å²) in [6, 6.07) is 0.0392. The van der Waals surface area contributed by atoms with Crippen LogP contribution in [-0.4, -0.2) is 70.0 Å². The molecule has 1 heterocycles. The maximum atomic E-state index is 12.9. The second-order valence-corrected chi connectivity index (χ2v) is 22.1. The van der Waals surface area contributed by atoms with E-state index in [0.29, 0.717) is 48.4 Å². The van der Waals surface area contributed by atoms with Gasteiger partial charge >= 0.3 is 11.9 Å². The molecule has 0 aromatic carbocycles. The lowest BCUT2D eigenvalue weighted by Crippen LogP contribution is -2.50. The number of carbonyl (C=O) groups excluding carboxylic acids is 3. The van der Waals surface area contributed by atoms with Crippen molar-refractivity contribution in [3.63, 3.8) is 0 Å². The van der Waals surface area contributed by atoms with Crippen LogP contribution in [0.25, 0.3) is 0 Å². The Kier molecular flexibility index (Phi) is 17.0. The fourth-order valence-electron chi connectivity index (χ4n) is 12.2. The number of aliphatic carboxylic acids is 1. The molecule has 56 heavy (non-hydrogen) atoms. The average Bonchev–Trinajstić information content (AvgIpc) is 3.74. The number of unbranched alkanes of at least 4 members (excludes halogenated alkanes) is 2. The molecule has 4 fully saturated rings. The van der Waals surface area contributed by atoms with E-state index in [4.69, 9.17) is 9.84 Å². The van der Waals surface area contributed by atoms with Crippen LogP contribution < -0.4 is 5.32 Å². The Labute approximate surface area is 347 Å². The van der Waals surface area contributed by atoms with E-state index in [0.717, 1.165) is 66.9 Å². The van der Waals surface area contributed by atoms with E-state index in [2.05, 4.69) is 46.0 Å². The minimum absolute atomic E-state index is 0.0392. The molecule has 10 heteroatoms. The predicted octanol–water partition coefficient (Wildman–Crippen LogP) is 10.6. The minimum atomic E-state index is -1.03. The standard InChI is InChI=1S/C46H76N2O6S2/c1-7-34-29-35(54-44(53)20-19-43(51)52)30-48(34)42(50)14-9-8-10-26-47-41(49)23-27-55-56-36-21-24-45(5)33(28-36)15-16-37-39-18-17-38(32(4)13-11-12-31(2)3)46(39,6)25-22-40(37)45/h15,31-32,34-40H,7-14,16-30H2,1-6H3,(H,47,49)(H,51,52)/t32-,34-,35-,36+,37?,38-,39?,40?,45+,46-/m1/s1. The number of hydrogen-bond donors (Lipinski definition) is 2. The molecule has 5 rings (SSSR count). The molecule has 5 aliphatic rings. The van der Waals surface area contributed by atoms with Crippen LogP contribution in [0.5, 0.6) is 0 Å². The molecular formula is C46H76N2O6S2. The molecule has 3 saturated carbocycles. The molecule has 1 aliphatic heterocycles. The number of fused-ring (bicyclic) bond motifs is 5. The lowest BCUT2D eigenvalue weighted by molar-refractivity contribution is -0.152. The van der Waals surface area contributed by atoms with Crippen molar-refractivity contribution in [2.75, 3.05) is 18.8 Å². The molecule has 1 saturated heterocycles. The SMILES string of the molecule is CC[C@@H]1C[C@@H](OC(=O)CCC(=O)O)CN1C(=O)CCCCCNC(=O)CCSS[C@H]1CC[C@@]2(C)C(=CCC3C2CC[C@@]2(C)C3CC[C@@H]2[C@H](C)CCCC(C)C)C1. The van der Waals surface area contributed by atoms with Gasteiger partial charge in [0.25, 0.3) is 0 Å². The molecule has 0 radical (unpaired) electrons. The van der Waals surface area contributed by atoms with Gasteiger partial charge in [0.2, 0.25) is 11.8 Å². The van der Waals surface area contributed by atoms with Gasteiger partial charge in [-0.3, -0.25) is 19.2 Å². The van der Waals surface area contributed by atoms with Crippen molar-refractivity contribution in [1.29, 1.82) is 0 Å². The van der Waals surface area contributed by atoms with E-state index in [1.54, 1.807) is 5.57 Å². The van der Waals surface area contributed by atoms with Crippen LogP contribution in [0.1, 0.15) is 170 Å². The van der Waals surface area contributed by atoms with Crippen molar-refractivity contribution < 1.29 is 29.0 Å². The molecule has 8 nitrogen and oxygen atoms in total. The summed E-state index contributed by atoms with van der Waals surface area (Å²) in [7, 11) is 3.90. The van der Waals surface area contributed by atoms with E-state index in [1.165, 1.54) is 70.6 Å². The molecule has 318 valence electrons. The zero-order valence-corrected chi connectivity index (χ0v) is 37.4. The molecule has 0 aromatic rings. The number of nitrogens with one attached hydrogen (secondary N) is 1. The van der Waals surface area contributed by atoms with E-state index < -0.39 is 11.9 Å². The van der Waals surface area contributed by atoms with Crippen molar-refractivity contribution in [2.24, 2.45) is 46.3 Å². The van der Waals surface area contributed by atoms with E-state index >= 15 is 0 Å². The Morgan fingerprint density at radius 1 is 0.946 bits per heavy atom. The van der Waals surface area contributed by atoms with E-state index in [-0.39, 0.29) is 36.8 Å². The maximum Gasteiger partial charge on any atom is 0.306 e. The average molecular weight is 817 g/mol. The van der Waals surface area contributed by atoms with Crippen molar-refractivity contribution in [1.82, 2.24) is 10.2 Å². The Hall–Kier alpha value is -1.68. The van der Waals surface area contributed by atoms with Crippen LogP contribution in [0.4, 0.5) is 0 Å². The zero-order valence-electron chi connectivity index (χ0n) is 35.8. The molecule has 4 aliphatic carbocycles. The molecule has 3 unspecified atom stereocenters. The third-order valence-electron chi connectivity index (χ3n) is 15.3. The summed E-state index contributed by atoms with van der Waals surface area (Å²) in [5.41, 5.74) is 2.69. The fraction of sp³-hybridized carbons (Fsp3) is 0.870. The monoisotopic (exact) mass is 817 g/mol. The highest BCUT2D eigenvalue weighted by molar-refractivity contribution is 8.76. The minimum Gasteiger partial charge on any atom is -0.481 e. The molecule has 10 atom stereocenters. The highest BCUT2D eigenvalue weighted by Gasteiger charge is 2.59. The summed E-state index contributed by atoms with van der Waals surface area (Å²) in [6.07, 6.45) is 21.9. The van der Waals surface area contributed by atoms with Crippen molar-refractivity contribution in [3.8, 4) is 0 Å². The van der Waals surface area contributed by atoms with Crippen molar-refractivity contribution in [2.45, 2.75) is 187 Å². The number of carboxylic acid groups (broad SMARTS) is 1. The first-order valence-corrected chi connectivity index (χ1v) is 25.1. The molecule has 2 N–H and O–H groups in total. The third kappa shape index (κ3) is 11.5. The maximum absolute atomic E-state index is 12.9. The largest absolute Gasteiger partial charge is 0.481 e. The fourth-order valence-corrected chi connectivity index (χ4v) is 14.8. The molecule has 0 spiro atoms. The molecule has 0 aromatic heterocycles. The van der Waals surface area contributed by atoms with Gasteiger partial charge in [-0.2, -0.15) is 0 Å². The predicted molar refractivity (Wildman–Crippen MR) is 230 cm³/mol. The first kappa shape index (κ1) is 45.4. The Bertz CT molecular complexity index is 1370. The van der Waals surface area contributed by atoms with Gasteiger partial charge in [0.05, 0.1) is 19.4 Å². The highest BCUT2D eigenvalue weighted by Crippen LogP contribution is 2.67. The van der Waals surface area contributed by atoms with Gasteiger partial charge in [-0.25, -0.2) is 0 Å². The second kappa shape index (κ2) is 21.0. The van der Waals surface area contributed by atoms with Gasteiger partial charge in [0, 0.05) is 42.9 Å². The van der Waals surface area contributed by atoms with Gasteiger partial charge < -0.3 is 20.1 Å². The van der Waals surface area contributed by atoms with Gasteiger partial charge in [0.15, 0.2) is 0 Å². The number of hydrogen-bond acceptors (Lipinski definition) is 7. The van der Waals surface area contributed by atoms with Crippen molar-refractivity contribution >= 4 is 45.3 Å². The Morgan fingerprint density at radius 3 is 2.50 bits per heavy atom. The summed E-state index contributed by atoms with van der Waals surface area (Å²) in [4.78, 5) is 50.1. The number of rotatable bonds is 21. The summed E-state index contributed by atoms with van der Waals surface area (Å²) in [6.45, 7) is 15.7. The third-order valence-corrected chi connectivity index (χ3v) is 18.2. The summed E-state index contributed by atoms with van der Waals surface area (Å²) in [5, 5.41) is 12.5. The number of amides is 2. The number of carboxylic acids is 1. The topological polar surface area (TPSA) is 113 Å². The van der Waals surface area contributed by atoms with E-state index in [9.17, 15) is 19.2 Å². The van der Waals surface area contributed by atoms with Gasteiger partial charge in [0.1, 0.15) is 6.10 Å². The van der Waals surface area contributed by atoms with Crippen LogP contribution in [-0.2, 0) is 23.9 Å². The smallest absolute Gasteiger partial charge is 0.306 e. The quantitative estimate of drug-likeness (QED) is 0.0510. The number of esters is 1. The van der Waals surface area contributed by atoms with E-state index in [1.807, 2.05) is 33.4 Å². The van der Waals surface area contributed by atoms with Gasteiger partial charge in [-0.05, 0) is 117 Å². The first-order chi connectivity index (χ1) is 26.7. The second-order valence-electron chi connectivity index (χ2n) is 19.3. The van der Waals surface area contributed by atoms with Crippen LogP contribution in [0.3, 0.4) is 0 Å². The van der Waals surface area contributed by atoms with Crippen LogP contribution in [0.15, 0.2) is 11.6 Å². The summed E-state index contributed by atoms with van der Waals surface area (Å²) >= 11 is 0. The number of carbonyl (C=O) groups is 4. The van der Waals surface area contributed by atoms with Gasteiger partial charge in [-0.15, -0.1) is 0 Å². The normalized spacial score (nSPS) is 32.9. The number of likely N-dealkylation sites (tertiary alicyclic amines) is 1. The number of nitrogens with zero attached hydrogens (tertiary/aromatic N) is 1. The number of allylic oxidation sites excluding steroid dienone is 2. The van der Waals surface area contributed by atoms with Crippen LogP contribution in [0.2, 0.25) is 0 Å². The Morgan fingerprint density at radius 2 is 1.75 bits per heavy atom. The molecule has 0 bridgehead atoms. The first-order valence-electron chi connectivity index (χ1n) is 22.7. The lowest BCUT2D eigenvalue weighted by atomic mass is 9.47. The highest BCUT2D eigenvalue weighted by atomic mass is 33.1. The lowest BCUT2D eigenvalue weighted by Gasteiger charge is -2.58.